The Labute approximate surface area is 106 Å². The summed E-state index contributed by atoms with van der Waals surface area (Å²) in [6, 6.07) is 2.68. The molecule has 2 aromatic heterocycles. The number of hydrogen-bond donors (Lipinski definition) is 2. The Bertz CT molecular complexity index is 588. The van der Waals surface area contributed by atoms with Crippen molar-refractivity contribution in [1.29, 1.82) is 0 Å². The van der Waals surface area contributed by atoms with E-state index < -0.39 is 0 Å². The zero-order chi connectivity index (χ0) is 12.1. The van der Waals surface area contributed by atoms with Gasteiger partial charge in [-0.2, -0.15) is 0 Å². The Morgan fingerprint density at radius 3 is 3.00 bits per heavy atom. The highest BCUT2D eigenvalue weighted by Gasteiger charge is 2.39. The van der Waals surface area contributed by atoms with Crippen LogP contribution in [0.1, 0.15) is 31.5 Å². The number of aromatic nitrogens is 3. The second kappa shape index (κ2) is 3.70. The van der Waals surface area contributed by atoms with Crippen LogP contribution in [0.15, 0.2) is 12.3 Å². The molecule has 2 fully saturated rings. The van der Waals surface area contributed by atoms with Crippen LogP contribution in [0.25, 0.3) is 11.0 Å². The number of anilines is 1. The molecular weight excluding hydrogens is 224 g/mol. The number of aryl methyl sites for hydroxylation is 1. The van der Waals surface area contributed by atoms with Crippen molar-refractivity contribution in [3.05, 3.63) is 18.1 Å². The van der Waals surface area contributed by atoms with Gasteiger partial charge in [0.25, 0.3) is 0 Å². The average Bonchev–Trinajstić information content (AvgIpc) is 3.02. The fourth-order valence-corrected chi connectivity index (χ4v) is 3.76. The van der Waals surface area contributed by atoms with E-state index in [-0.39, 0.29) is 0 Å². The Kier molecular flexibility index (Phi) is 2.13. The lowest BCUT2D eigenvalue weighted by Gasteiger charge is -2.23. The molecule has 0 aromatic carbocycles. The van der Waals surface area contributed by atoms with Crippen LogP contribution < -0.4 is 5.32 Å². The molecule has 0 spiro atoms. The van der Waals surface area contributed by atoms with E-state index in [0.29, 0.717) is 6.04 Å². The van der Waals surface area contributed by atoms with Gasteiger partial charge >= 0.3 is 0 Å². The first-order chi connectivity index (χ1) is 8.79. The third kappa shape index (κ3) is 1.51. The highest BCUT2D eigenvalue weighted by Crippen LogP contribution is 2.45. The molecule has 2 heterocycles. The van der Waals surface area contributed by atoms with Crippen LogP contribution >= 0.6 is 0 Å². The number of nitrogens with zero attached hydrogens (tertiary/aromatic N) is 2. The van der Waals surface area contributed by atoms with Crippen LogP contribution in [0.2, 0.25) is 0 Å². The van der Waals surface area contributed by atoms with Gasteiger partial charge in [-0.3, -0.25) is 0 Å². The van der Waals surface area contributed by atoms with Crippen molar-refractivity contribution in [2.24, 2.45) is 11.8 Å². The molecule has 0 aliphatic heterocycles. The van der Waals surface area contributed by atoms with E-state index in [9.17, 15) is 0 Å². The molecule has 94 valence electrons. The lowest BCUT2D eigenvalue weighted by molar-refractivity contribution is 0.439. The molecule has 4 nitrogen and oxygen atoms in total. The minimum absolute atomic E-state index is 0.621. The lowest BCUT2D eigenvalue weighted by atomic mass is 9.95. The summed E-state index contributed by atoms with van der Waals surface area (Å²) in [4.78, 5) is 12.2. The van der Waals surface area contributed by atoms with E-state index in [1.54, 1.807) is 0 Å². The molecule has 2 aliphatic rings. The van der Waals surface area contributed by atoms with Crippen LogP contribution in [0.3, 0.4) is 0 Å². The van der Waals surface area contributed by atoms with Gasteiger partial charge in [-0.15, -0.1) is 0 Å². The summed E-state index contributed by atoms with van der Waals surface area (Å²) in [7, 11) is 0. The maximum absolute atomic E-state index is 4.58. The summed E-state index contributed by atoms with van der Waals surface area (Å²) in [5.41, 5.74) is 0.938. The topological polar surface area (TPSA) is 53.6 Å². The molecule has 2 saturated carbocycles. The summed E-state index contributed by atoms with van der Waals surface area (Å²) in [6.07, 6.45) is 7.50. The van der Waals surface area contributed by atoms with Crippen LogP contribution in [-0.2, 0) is 0 Å². The summed E-state index contributed by atoms with van der Waals surface area (Å²) in [6.45, 7) is 1.95. The van der Waals surface area contributed by atoms with Crippen molar-refractivity contribution in [3.63, 3.8) is 0 Å². The van der Waals surface area contributed by atoms with Gasteiger partial charge in [0.1, 0.15) is 17.3 Å². The van der Waals surface area contributed by atoms with E-state index in [1.807, 2.05) is 13.1 Å². The molecule has 0 radical (unpaired) electrons. The molecule has 2 N–H and O–H groups in total. The first kappa shape index (κ1) is 10.4. The van der Waals surface area contributed by atoms with E-state index in [2.05, 4.69) is 26.3 Å². The van der Waals surface area contributed by atoms with Crippen LogP contribution in [-0.4, -0.2) is 21.0 Å². The van der Waals surface area contributed by atoms with Crippen molar-refractivity contribution < 1.29 is 0 Å². The van der Waals surface area contributed by atoms with Gasteiger partial charge in [0.15, 0.2) is 0 Å². The molecule has 3 atom stereocenters. The second-order valence-electron chi connectivity index (χ2n) is 5.79. The number of aromatic amines is 1. The third-order valence-electron chi connectivity index (χ3n) is 4.59. The van der Waals surface area contributed by atoms with Crippen molar-refractivity contribution in [3.8, 4) is 0 Å². The third-order valence-corrected chi connectivity index (χ3v) is 4.59. The normalized spacial score (nSPS) is 30.2. The zero-order valence-electron chi connectivity index (χ0n) is 10.6. The second-order valence-corrected chi connectivity index (χ2v) is 5.79. The minimum atomic E-state index is 0.621. The number of rotatable bonds is 2. The monoisotopic (exact) mass is 242 g/mol. The minimum Gasteiger partial charge on any atom is -0.366 e. The standard InChI is InChI=1S/C14H18N4/c1-8-16-13-11(4-5-15-13)14(17-8)18-12-7-9-2-3-10(12)6-9/h4-5,9-10,12H,2-3,6-7H2,1H3,(H2,15,16,17,18)/t9-,10-,12+/m0/s1. The van der Waals surface area contributed by atoms with Gasteiger partial charge < -0.3 is 10.3 Å². The molecule has 4 heteroatoms. The molecule has 2 aromatic rings. The van der Waals surface area contributed by atoms with Gasteiger partial charge in [-0.05, 0) is 44.1 Å². The van der Waals surface area contributed by atoms with Crippen molar-refractivity contribution in [1.82, 2.24) is 15.0 Å². The molecule has 2 bridgehead atoms. The van der Waals surface area contributed by atoms with E-state index >= 15 is 0 Å². The zero-order valence-corrected chi connectivity index (χ0v) is 10.6. The van der Waals surface area contributed by atoms with Crippen molar-refractivity contribution >= 4 is 16.9 Å². The van der Waals surface area contributed by atoms with Crippen molar-refractivity contribution in [2.45, 2.75) is 38.6 Å². The van der Waals surface area contributed by atoms with Gasteiger partial charge in [0, 0.05) is 12.2 Å². The lowest BCUT2D eigenvalue weighted by Crippen LogP contribution is -2.26. The molecule has 4 rings (SSSR count). The van der Waals surface area contributed by atoms with E-state index in [4.69, 9.17) is 0 Å². The van der Waals surface area contributed by atoms with Gasteiger partial charge in [-0.1, -0.05) is 6.42 Å². The smallest absolute Gasteiger partial charge is 0.143 e. The largest absolute Gasteiger partial charge is 0.366 e. The van der Waals surface area contributed by atoms with E-state index in [1.165, 1.54) is 25.7 Å². The predicted octanol–water partition coefficient (Wildman–Crippen LogP) is 2.87. The predicted molar refractivity (Wildman–Crippen MR) is 71.5 cm³/mol. The number of H-pyrrole nitrogens is 1. The maximum Gasteiger partial charge on any atom is 0.143 e. The number of nitrogens with one attached hydrogen (secondary N) is 2. The SMILES string of the molecule is Cc1nc(N[C@@H]2C[C@H]3CC[C@H]2C3)c2cc[nH]c2n1. The first-order valence-electron chi connectivity index (χ1n) is 6.88. The fourth-order valence-electron chi connectivity index (χ4n) is 3.76. The molecule has 2 aliphatic carbocycles. The maximum atomic E-state index is 4.58. The van der Waals surface area contributed by atoms with Crippen LogP contribution in [0.5, 0.6) is 0 Å². The summed E-state index contributed by atoms with van der Waals surface area (Å²) in [5.74, 6) is 3.66. The molecule has 0 unspecified atom stereocenters. The number of fused-ring (bicyclic) bond motifs is 3. The van der Waals surface area contributed by atoms with E-state index in [0.717, 1.165) is 34.5 Å². The quantitative estimate of drug-likeness (QED) is 0.851. The molecular formula is C14H18N4. The highest BCUT2D eigenvalue weighted by molar-refractivity contribution is 5.87. The van der Waals surface area contributed by atoms with Gasteiger partial charge in [-0.25, -0.2) is 9.97 Å². The highest BCUT2D eigenvalue weighted by atomic mass is 15.1. The summed E-state index contributed by atoms with van der Waals surface area (Å²) >= 11 is 0. The molecule has 18 heavy (non-hydrogen) atoms. The van der Waals surface area contributed by atoms with Gasteiger partial charge in [0.05, 0.1) is 5.39 Å². The molecule has 0 saturated heterocycles. The van der Waals surface area contributed by atoms with Gasteiger partial charge in [0.2, 0.25) is 0 Å². The Hall–Kier alpha value is -1.58. The average molecular weight is 242 g/mol. The van der Waals surface area contributed by atoms with Crippen LogP contribution in [0, 0.1) is 18.8 Å². The Balaban J connectivity index is 1.68. The summed E-state index contributed by atoms with van der Waals surface area (Å²) < 4.78 is 0. The van der Waals surface area contributed by atoms with Crippen molar-refractivity contribution in [2.75, 3.05) is 5.32 Å². The molecule has 0 amide bonds. The van der Waals surface area contributed by atoms with Crippen LogP contribution in [0.4, 0.5) is 5.82 Å². The Morgan fingerprint density at radius 2 is 2.22 bits per heavy atom. The summed E-state index contributed by atoms with van der Waals surface area (Å²) in [5, 5.41) is 4.79. The number of hydrogen-bond acceptors (Lipinski definition) is 3. The fraction of sp³-hybridized carbons (Fsp3) is 0.571. The Morgan fingerprint density at radius 1 is 1.28 bits per heavy atom. The first-order valence-corrected chi connectivity index (χ1v) is 6.88.